The van der Waals surface area contributed by atoms with Crippen molar-refractivity contribution in [3.05, 3.63) is 48.4 Å². The Labute approximate surface area is 94.5 Å². The maximum absolute atomic E-state index is 3.99. The maximum atomic E-state index is 3.99. The highest BCUT2D eigenvalue weighted by Crippen LogP contribution is 2.11. The molecule has 0 bridgehead atoms. The van der Waals surface area contributed by atoms with Crippen molar-refractivity contribution in [2.45, 2.75) is 27.7 Å². The molecule has 0 radical (unpaired) electrons. The first-order valence-electron chi connectivity index (χ1n) is 5.28. The van der Waals surface area contributed by atoms with Crippen LogP contribution in [0.2, 0.25) is 0 Å². The zero-order chi connectivity index (χ0) is 12.0. The summed E-state index contributed by atoms with van der Waals surface area (Å²) in [6.45, 7) is 16.4. The molecule has 0 fully saturated rings. The molecule has 0 aliphatic carbocycles. The van der Waals surface area contributed by atoms with Crippen LogP contribution < -0.4 is 0 Å². The van der Waals surface area contributed by atoms with Crippen LogP contribution in [0.3, 0.4) is 0 Å². The molecular weight excluding hydrogens is 182 g/mol. The van der Waals surface area contributed by atoms with Gasteiger partial charge < -0.3 is 4.90 Å². The molecule has 0 rings (SSSR count). The number of likely N-dealkylation sites (N-methyl/N-ethyl adjacent to an activating group) is 1. The van der Waals surface area contributed by atoms with E-state index in [-0.39, 0.29) is 0 Å². The molecule has 0 spiro atoms. The van der Waals surface area contributed by atoms with E-state index in [0.717, 1.165) is 11.3 Å². The van der Waals surface area contributed by atoms with Gasteiger partial charge in [-0.1, -0.05) is 44.2 Å². The molecule has 84 valence electrons. The summed E-state index contributed by atoms with van der Waals surface area (Å²) in [5.74, 6) is 0.489. The molecule has 0 atom stereocenters. The van der Waals surface area contributed by atoms with Crippen LogP contribution in [0.25, 0.3) is 0 Å². The molecule has 0 unspecified atom stereocenters. The zero-order valence-electron chi connectivity index (χ0n) is 10.7. The SMILES string of the molecule is C=C(/C=C\C(=C)N(C)C=C(C)C)C(C)C. The smallest absolute Gasteiger partial charge is 0.0330 e. The normalized spacial score (nSPS) is 10.5. The van der Waals surface area contributed by atoms with E-state index in [9.17, 15) is 0 Å². The Morgan fingerprint density at radius 2 is 1.67 bits per heavy atom. The van der Waals surface area contributed by atoms with Crippen molar-refractivity contribution < 1.29 is 0 Å². The first kappa shape index (κ1) is 13.8. The van der Waals surface area contributed by atoms with Gasteiger partial charge in [0.2, 0.25) is 0 Å². The van der Waals surface area contributed by atoms with Crippen molar-refractivity contribution in [3.8, 4) is 0 Å². The van der Waals surface area contributed by atoms with Gasteiger partial charge in [0.1, 0.15) is 0 Å². The number of rotatable bonds is 5. The Hall–Kier alpha value is -1.24. The van der Waals surface area contributed by atoms with Crippen molar-refractivity contribution >= 4 is 0 Å². The van der Waals surface area contributed by atoms with Crippen LogP contribution in [-0.2, 0) is 0 Å². The van der Waals surface area contributed by atoms with Gasteiger partial charge in [0, 0.05) is 18.9 Å². The van der Waals surface area contributed by atoms with E-state index in [1.807, 2.05) is 24.1 Å². The lowest BCUT2D eigenvalue weighted by Crippen LogP contribution is -2.07. The van der Waals surface area contributed by atoms with Crippen molar-refractivity contribution in [2.24, 2.45) is 5.92 Å². The Morgan fingerprint density at radius 3 is 2.07 bits per heavy atom. The lowest BCUT2D eigenvalue weighted by atomic mass is 10.1. The molecule has 0 saturated carbocycles. The molecule has 1 heteroatoms. The maximum Gasteiger partial charge on any atom is 0.0330 e. The fraction of sp³-hybridized carbons (Fsp3) is 0.429. The quantitative estimate of drug-likeness (QED) is 0.610. The molecule has 0 aromatic carbocycles. The van der Waals surface area contributed by atoms with E-state index < -0.39 is 0 Å². The summed E-state index contributed by atoms with van der Waals surface area (Å²) < 4.78 is 0. The van der Waals surface area contributed by atoms with Crippen molar-refractivity contribution in [3.63, 3.8) is 0 Å². The van der Waals surface area contributed by atoms with E-state index in [2.05, 4.69) is 47.1 Å². The predicted molar refractivity (Wildman–Crippen MR) is 69.5 cm³/mol. The first-order valence-corrected chi connectivity index (χ1v) is 5.28. The van der Waals surface area contributed by atoms with E-state index in [1.165, 1.54) is 5.57 Å². The highest BCUT2D eigenvalue weighted by molar-refractivity contribution is 5.25. The Kier molecular flexibility index (Phi) is 5.76. The van der Waals surface area contributed by atoms with Crippen LogP contribution in [0, 0.1) is 5.92 Å². The monoisotopic (exact) mass is 205 g/mol. The van der Waals surface area contributed by atoms with E-state index in [0.29, 0.717) is 5.92 Å². The summed E-state index contributed by atoms with van der Waals surface area (Å²) in [5, 5.41) is 0. The molecule has 1 nitrogen and oxygen atoms in total. The van der Waals surface area contributed by atoms with Crippen LogP contribution in [0.1, 0.15) is 27.7 Å². The molecule has 0 aliphatic rings. The Balaban J connectivity index is 4.37. The van der Waals surface area contributed by atoms with Gasteiger partial charge in [-0.05, 0) is 25.8 Å². The lowest BCUT2D eigenvalue weighted by Gasteiger charge is -2.15. The third-order valence-corrected chi connectivity index (χ3v) is 2.14. The van der Waals surface area contributed by atoms with Gasteiger partial charge in [-0.25, -0.2) is 0 Å². The molecule has 0 N–H and O–H groups in total. The number of nitrogens with zero attached hydrogens (tertiary/aromatic N) is 1. The molecule has 0 aliphatic heterocycles. The number of hydrogen-bond donors (Lipinski definition) is 0. The van der Waals surface area contributed by atoms with Crippen molar-refractivity contribution in [1.29, 1.82) is 0 Å². The fourth-order valence-corrected chi connectivity index (χ4v) is 0.983. The molecule has 0 saturated heterocycles. The number of hydrogen-bond acceptors (Lipinski definition) is 1. The van der Waals surface area contributed by atoms with Gasteiger partial charge >= 0.3 is 0 Å². The van der Waals surface area contributed by atoms with Gasteiger partial charge in [-0.15, -0.1) is 0 Å². The standard InChI is InChI=1S/C14H23N/c1-11(2)10-15(7)14(6)9-8-13(5)12(3)4/h8-10,12H,5-6H2,1-4,7H3/b9-8-. The minimum absolute atomic E-state index is 0.489. The van der Waals surface area contributed by atoms with Crippen LogP contribution in [-0.4, -0.2) is 11.9 Å². The minimum atomic E-state index is 0.489. The molecule has 0 aromatic rings. The zero-order valence-corrected chi connectivity index (χ0v) is 10.7. The minimum Gasteiger partial charge on any atom is -0.352 e. The van der Waals surface area contributed by atoms with E-state index in [4.69, 9.17) is 0 Å². The van der Waals surface area contributed by atoms with Gasteiger partial charge in [-0.2, -0.15) is 0 Å². The Bertz CT molecular complexity index is 288. The third kappa shape index (κ3) is 5.95. The summed E-state index contributed by atoms with van der Waals surface area (Å²) in [5.41, 5.74) is 3.36. The largest absolute Gasteiger partial charge is 0.352 e. The van der Waals surface area contributed by atoms with Gasteiger partial charge in [0.05, 0.1) is 0 Å². The summed E-state index contributed by atoms with van der Waals surface area (Å²) in [7, 11) is 2.00. The van der Waals surface area contributed by atoms with Crippen LogP contribution in [0.5, 0.6) is 0 Å². The fourth-order valence-electron chi connectivity index (χ4n) is 0.983. The second-order valence-corrected chi connectivity index (χ2v) is 4.37. The van der Waals surface area contributed by atoms with E-state index in [1.54, 1.807) is 0 Å². The Morgan fingerprint density at radius 1 is 1.13 bits per heavy atom. The lowest BCUT2D eigenvalue weighted by molar-refractivity contribution is 0.585. The summed E-state index contributed by atoms with van der Waals surface area (Å²) >= 11 is 0. The van der Waals surface area contributed by atoms with Crippen molar-refractivity contribution in [1.82, 2.24) is 4.90 Å². The van der Waals surface area contributed by atoms with E-state index >= 15 is 0 Å². The average molecular weight is 205 g/mol. The average Bonchev–Trinajstić information content (AvgIpc) is 2.12. The third-order valence-electron chi connectivity index (χ3n) is 2.14. The van der Waals surface area contributed by atoms with Gasteiger partial charge in [-0.3, -0.25) is 0 Å². The highest BCUT2D eigenvalue weighted by atomic mass is 15.1. The molecular formula is C14H23N. The summed E-state index contributed by atoms with van der Waals surface area (Å²) in [4.78, 5) is 2.01. The second-order valence-electron chi connectivity index (χ2n) is 4.37. The molecule has 0 amide bonds. The predicted octanol–water partition coefficient (Wildman–Crippen LogP) is 4.12. The highest BCUT2D eigenvalue weighted by Gasteiger charge is 1.97. The van der Waals surface area contributed by atoms with Gasteiger partial charge in [0.25, 0.3) is 0 Å². The van der Waals surface area contributed by atoms with Crippen LogP contribution in [0.15, 0.2) is 48.4 Å². The number of allylic oxidation sites excluding steroid dienone is 4. The summed E-state index contributed by atoms with van der Waals surface area (Å²) in [6.07, 6.45) is 6.09. The van der Waals surface area contributed by atoms with Crippen LogP contribution in [0.4, 0.5) is 0 Å². The first-order chi connectivity index (χ1) is 6.84. The van der Waals surface area contributed by atoms with Crippen LogP contribution >= 0.6 is 0 Å². The molecule has 0 aromatic heterocycles. The van der Waals surface area contributed by atoms with Gasteiger partial charge in [0.15, 0.2) is 0 Å². The topological polar surface area (TPSA) is 3.24 Å². The van der Waals surface area contributed by atoms with Crippen molar-refractivity contribution in [2.75, 3.05) is 7.05 Å². The summed E-state index contributed by atoms with van der Waals surface area (Å²) in [6, 6.07) is 0. The second kappa shape index (κ2) is 6.28. The molecule has 0 heterocycles. The molecule has 15 heavy (non-hydrogen) atoms.